The molecule has 0 aromatic heterocycles. The van der Waals surface area contributed by atoms with Crippen LogP contribution in [0.15, 0.2) is 82.3 Å². The third-order valence-corrected chi connectivity index (χ3v) is 7.08. The number of hydrogen-bond acceptors (Lipinski definition) is 3. The van der Waals surface area contributed by atoms with Crippen LogP contribution in [0, 0.1) is 5.82 Å². The van der Waals surface area contributed by atoms with Crippen molar-refractivity contribution in [2.45, 2.75) is 105 Å². The van der Waals surface area contributed by atoms with Gasteiger partial charge < -0.3 is 5.32 Å². The standard InChI is InChI=1S/C29H36F4N3OP.C3H8.C2H6/c1-6-9-11-26-25(10-7-2)34-18-28(38-26)35-20(5)23-17-22(14-15-24(23)30)36-27(37)16-19(4)12-13-21(8-3)29(31,32)33;1-3-2;1-2/h8,10-15,17-18,20,28,35,38H,4,6-7,9,16H2,1-3,5H3,(H,36,37);3H2,1-2H3;1-2H3/b13-12-,21-8+,25-10+,26-11-;;. The molecule has 3 atom stereocenters. The SMILES string of the molecule is C=C(/C=C\C(=C/C)C(F)(F)F)CC(=O)Nc1ccc(F)c(C(C)NC2C=NC(=C/CC)/C(=C/CCC)P2)c1.CC.CCC. The number of carbonyl (C=O) groups excluding carboxylic acids is 1. The van der Waals surface area contributed by atoms with Crippen LogP contribution in [-0.2, 0) is 4.79 Å². The molecule has 1 heterocycles. The van der Waals surface area contributed by atoms with Crippen LogP contribution in [0.25, 0.3) is 0 Å². The molecule has 0 saturated carbocycles. The first-order valence-electron chi connectivity index (χ1n) is 15.1. The van der Waals surface area contributed by atoms with Crippen molar-refractivity contribution in [3.8, 4) is 0 Å². The van der Waals surface area contributed by atoms with E-state index >= 15 is 0 Å². The summed E-state index contributed by atoms with van der Waals surface area (Å²) in [4.78, 5) is 17.1. The average molecular weight is 624 g/mol. The van der Waals surface area contributed by atoms with Gasteiger partial charge in [0.1, 0.15) is 5.82 Å². The highest BCUT2D eigenvalue weighted by Gasteiger charge is 2.30. The van der Waals surface area contributed by atoms with Crippen molar-refractivity contribution in [2.24, 2.45) is 4.99 Å². The van der Waals surface area contributed by atoms with Crippen LogP contribution < -0.4 is 10.6 Å². The van der Waals surface area contributed by atoms with Gasteiger partial charge in [-0.25, -0.2) is 4.39 Å². The number of nitrogens with one attached hydrogen (secondary N) is 2. The second-order valence-electron chi connectivity index (χ2n) is 9.59. The summed E-state index contributed by atoms with van der Waals surface area (Å²) in [5.41, 5.74) is 1.16. The number of alkyl halides is 3. The predicted molar refractivity (Wildman–Crippen MR) is 179 cm³/mol. The largest absolute Gasteiger partial charge is 0.416 e. The van der Waals surface area contributed by atoms with E-state index in [1.807, 2.05) is 27.0 Å². The lowest BCUT2D eigenvalue weighted by atomic mass is 10.1. The number of aliphatic imine (C=N–C) groups is 1. The van der Waals surface area contributed by atoms with Crippen molar-refractivity contribution in [1.82, 2.24) is 5.32 Å². The van der Waals surface area contributed by atoms with Crippen LogP contribution in [-0.4, -0.2) is 24.1 Å². The van der Waals surface area contributed by atoms with E-state index in [-0.39, 0.29) is 23.8 Å². The van der Waals surface area contributed by atoms with Crippen LogP contribution in [0.3, 0.4) is 0 Å². The second-order valence-corrected chi connectivity index (χ2v) is 11.0. The number of anilines is 1. The van der Waals surface area contributed by atoms with Gasteiger partial charge in [-0.2, -0.15) is 13.2 Å². The Kier molecular flexibility index (Phi) is 20.4. The third-order valence-electron chi connectivity index (χ3n) is 5.68. The Labute approximate surface area is 258 Å². The topological polar surface area (TPSA) is 53.5 Å². The molecule has 0 radical (unpaired) electrons. The van der Waals surface area contributed by atoms with Gasteiger partial charge >= 0.3 is 6.18 Å². The Balaban J connectivity index is 0.00000331. The Bertz CT molecular complexity index is 1170. The van der Waals surface area contributed by atoms with Gasteiger partial charge in [-0.3, -0.25) is 15.1 Å². The first-order valence-corrected chi connectivity index (χ1v) is 16.1. The zero-order valence-electron chi connectivity index (χ0n) is 27.0. The van der Waals surface area contributed by atoms with Gasteiger partial charge in [-0.1, -0.05) is 99.9 Å². The van der Waals surface area contributed by atoms with E-state index in [4.69, 9.17) is 0 Å². The number of nitrogens with zero attached hydrogens (tertiary/aromatic N) is 1. The summed E-state index contributed by atoms with van der Waals surface area (Å²) in [5.74, 6) is -0.923. The Morgan fingerprint density at radius 3 is 2.35 bits per heavy atom. The third kappa shape index (κ3) is 15.5. The van der Waals surface area contributed by atoms with Gasteiger partial charge in [0.2, 0.25) is 5.91 Å². The van der Waals surface area contributed by atoms with Gasteiger partial charge in [0.15, 0.2) is 0 Å². The molecule has 0 fully saturated rings. The van der Waals surface area contributed by atoms with Crippen molar-refractivity contribution >= 4 is 26.4 Å². The van der Waals surface area contributed by atoms with Crippen molar-refractivity contribution in [2.75, 3.05) is 5.32 Å². The molecule has 9 heteroatoms. The van der Waals surface area contributed by atoms with Gasteiger partial charge in [0, 0.05) is 23.5 Å². The summed E-state index contributed by atoms with van der Waals surface area (Å²) < 4.78 is 53.2. The molecule has 1 aliphatic rings. The van der Waals surface area contributed by atoms with E-state index < -0.39 is 23.5 Å². The smallest absolute Gasteiger partial charge is 0.326 e. The molecule has 240 valence electrons. The molecule has 1 amide bonds. The summed E-state index contributed by atoms with van der Waals surface area (Å²) in [6.45, 7) is 19.2. The van der Waals surface area contributed by atoms with Gasteiger partial charge in [0.05, 0.1) is 23.5 Å². The average Bonchev–Trinajstić information content (AvgIpc) is 2.95. The molecule has 43 heavy (non-hydrogen) atoms. The zero-order chi connectivity index (χ0) is 33.0. The molecular weight excluding hydrogens is 573 g/mol. The Morgan fingerprint density at radius 2 is 1.79 bits per heavy atom. The maximum Gasteiger partial charge on any atom is 0.416 e. The molecule has 2 rings (SSSR count). The molecule has 0 saturated heterocycles. The number of carbonyl (C=O) groups is 1. The fourth-order valence-corrected chi connectivity index (χ4v) is 5.13. The highest BCUT2D eigenvalue weighted by molar-refractivity contribution is 7.45. The summed E-state index contributed by atoms with van der Waals surface area (Å²) >= 11 is 0. The fourth-order valence-electron chi connectivity index (χ4n) is 3.74. The number of halogens is 4. The monoisotopic (exact) mass is 623 g/mol. The summed E-state index contributed by atoms with van der Waals surface area (Å²) in [7, 11) is 0.452. The summed E-state index contributed by atoms with van der Waals surface area (Å²) in [5, 5.41) is 7.30. The molecule has 1 aromatic rings. The van der Waals surface area contributed by atoms with Gasteiger partial charge in [-0.15, -0.1) is 0 Å². The lowest BCUT2D eigenvalue weighted by Gasteiger charge is -2.26. The molecule has 0 bridgehead atoms. The van der Waals surface area contributed by atoms with E-state index in [2.05, 4.69) is 62.1 Å². The van der Waals surface area contributed by atoms with Crippen LogP contribution >= 0.6 is 8.58 Å². The second kappa shape index (κ2) is 21.8. The number of amides is 1. The zero-order valence-corrected chi connectivity index (χ0v) is 28.0. The number of rotatable bonds is 11. The lowest BCUT2D eigenvalue weighted by molar-refractivity contribution is -0.115. The van der Waals surface area contributed by atoms with Crippen LogP contribution in [0.4, 0.5) is 23.2 Å². The molecule has 0 aliphatic carbocycles. The van der Waals surface area contributed by atoms with Crippen LogP contribution in [0.2, 0.25) is 0 Å². The molecule has 0 spiro atoms. The minimum atomic E-state index is -4.48. The van der Waals surface area contributed by atoms with Crippen molar-refractivity contribution in [3.05, 3.63) is 88.7 Å². The van der Waals surface area contributed by atoms with Crippen LogP contribution in [0.1, 0.15) is 99.1 Å². The highest BCUT2D eigenvalue weighted by Crippen LogP contribution is 2.39. The van der Waals surface area contributed by atoms with Crippen LogP contribution in [0.5, 0.6) is 0 Å². The van der Waals surface area contributed by atoms with E-state index in [1.54, 1.807) is 6.07 Å². The fraction of sp³-hybridized carbons (Fsp3) is 0.471. The quantitative estimate of drug-likeness (QED) is 0.146. The Hall–Kier alpha value is -2.83. The first-order chi connectivity index (χ1) is 20.4. The molecule has 1 aliphatic heterocycles. The van der Waals surface area contributed by atoms with E-state index in [1.165, 1.54) is 36.9 Å². The van der Waals surface area contributed by atoms with Crippen molar-refractivity contribution in [3.63, 3.8) is 0 Å². The predicted octanol–water partition coefficient (Wildman–Crippen LogP) is 10.9. The number of unbranched alkanes of at least 4 members (excludes halogenated alkanes) is 1. The van der Waals surface area contributed by atoms with E-state index in [0.717, 1.165) is 37.1 Å². The number of benzene rings is 1. The molecule has 4 nitrogen and oxygen atoms in total. The summed E-state index contributed by atoms with van der Waals surface area (Å²) in [6.07, 6.45) is 8.67. The van der Waals surface area contributed by atoms with E-state index in [9.17, 15) is 22.4 Å². The minimum absolute atomic E-state index is 0.0476. The van der Waals surface area contributed by atoms with Gasteiger partial charge in [-0.05, 0) is 55.8 Å². The molecule has 2 N–H and O–H groups in total. The molecular formula is C34H50F4N3OP. The Morgan fingerprint density at radius 1 is 1.14 bits per heavy atom. The molecule has 1 aromatic carbocycles. The normalized spacial score (nSPS) is 18.2. The maximum absolute atomic E-state index is 14.7. The van der Waals surface area contributed by atoms with Crippen molar-refractivity contribution in [1.29, 1.82) is 0 Å². The maximum atomic E-state index is 14.7. The minimum Gasteiger partial charge on any atom is -0.326 e. The number of allylic oxidation sites excluding steroid dienone is 7. The highest BCUT2D eigenvalue weighted by atomic mass is 31.1. The number of hydrogen-bond donors (Lipinski definition) is 2. The van der Waals surface area contributed by atoms with Gasteiger partial charge in [0.25, 0.3) is 0 Å². The lowest BCUT2D eigenvalue weighted by Crippen LogP contribution is -2.31. The summed E-state index contributed by atoms with van der Waals surface area (Å²) in [6, 6.07) is 3.93. The molecule has 3 unspecified atom stereocenters. The first kappa shape index (κ1) is 40.2. The van der Waals surface area contributed by atoms with Crippen molar-refractivity contribution < 1.29 is 22.4 Å². The van der Waals surface area contributed by atoms with E-state index in [0.29, 0.717) is 19.8 Å².